The molecule has 0 aliphatic heterocycles. The molecule has 0 saturated heterocycles. The summed E-state index contributed by atoms with van der Waals surface area (Å²) in [6, 6.07) is 18.2. The standard InChI is InChI=1S/C27H26N6O4S/c1-4-36-23-13-9-22(10-14-23)33-26(21-6-5-15-28-16-21)31-32-27(33)38-17-25(35)30-29-18(2)20-7-11-24(12-8-20)37-19(3)34/h5-16H,4,17H2,1-3H3,(H,30,35)/b29-18+. The van der Waals surface area contributed by atoms with E-state index in [4.69, 9.17) is 9.47 Å². The van der Waals surface area contributed by atoms with Crippen LogP contribution in [0.1, 0.15) is 26.3 Å². The molecule has 0 spiro atoms. The number of aromatic nitrogens is 4. The average Bonchev–Trinajstić information content (AvgIpc) is 3.36. The van der Waals surface area contributed by atoms with Crippen LogP contribution in [-0.2, 0) is 9.59 Å². The normalized spacial score (nSPS) is 11.2. The van der Waals surface area contributed by atoms with Gasteiger partial charge >= 0.3 is 5.97 Å². The molecule has 2 aromatic heterocycles. The van der Waals surface area contributed by atoms with E-state index in [9.17, 15) is 9.59 Å². The fourth-order valence-electron chi connectivity index (χ4n) is 3.44. The smallest absolute Gasteiger partial charge is 0.308 e. The highest BCUT2D eigenvalue weighted by Gasteiger charge is 2.17. The largest absolute Gasteiger partial charge is 0.494 e. The Bertz CT molecular complexity index is 1420. The van der Waals surface area contributed by atoms with Crippen LogP contribution in [0.4, 0.5) is 0 Å². The van der Waals surface area contributed by atoms with E-state index in [2.05, 4.69) is 25.7 Å². The zero-order chi connectivity index (χ0) is 26.9. The lowest BCUT2D eigenvalue weighted by Crippen LogP contribution is -2.21. The van der Waals surface area contributed by atoms with Crippen molar-refractivity contribution < 1.29 is 19.1 Å². The van der Waals surface area contributed by atoms with Crippen molar-refractivity contribution in [1.29, 1.82) is 0 Å². The average molecular weight is 531 g/mol. The Morgan fingerprint density at radius 2 is 1.74 bits per heavy atom. The summed E-state index contributed by atoms with van der Waals surface area (Å²) in [5.41, 5.74) is 5.59. The van der Waals surface area contributed by atoms with Gasteiger partial charge in [0.2, 0.25) is 0 Å². The van der Waals surface area contributed by atoms with Gasteiger partial charge in [0.05, 0.1) is 18.1 Å². The second kappa shape index (κ2) is 12.6. The van der Waals surface area contributed by atoms with E-state index in [1.165, 1.54) is 18.7 Å². The molecular formula is C27H26N6O4S. The highest BCUT2D eigenvalue weighted by Crippen LogP contribution is 2.28. The van der Waals surface area contributed by atoms with Crippen LogP contribution in [0.15, 0.2) is 83.3 Å². The number of hydrogen-bond acceptors (Lipinski definition) is 9. The molecule has 1 amide bonds. The van der Waals surface area contributed by atoms with Crippen LogP contribution in [0.5, 0.6) is 11.5 Å². The molecule has 2 heterocycles. The van der Waals surface area contributed by atoms with Gasteiger partial charge < -0.3 is 9.47 Å². The van der Waals surface area contributed by atoms with Crippen LogP contribution >= 0.6 is 11.8 Å². The third kappa shape index (κ3) is 6.83. The number of thioether (sulfide) groups is 1. The summed E-state index contributed by atoms with van der Waals surface area (Å²) in [5.74, 6) is 1.20. The number of pyridine rings is 1. The molecule has 0 aliphatic rings. The van der Waals surface area contributed by atoms with Crippen molar-refractivity contribution >= 4 is 29.4 Å². The van der Waals surface area contributed by atoms with Crippen LogP contribution in [0.3, 0.4) is 0 Å². The van der Waals surface area contributed by atoms with E-state index < -0.39 is 0 Å². The predicted octanol–water partition coefficient (Wildman–Crippen LogP) is 4.29. The molecule has 38 heavy (non-hydrogen) atoms. The Hall–Kier alpha value is -4.51. The highest BCUT2D eigenvalue weighted by molar-refractivity contribution is 7.99. The number of nitrogens with zero attached hydrogens (tertiary/aromatic N) is 5. The monoisotopic (exact) mass is 530 g/mol. The number of hydrogen-bond donors (Lipinski definition) is 1. The van der Waals surface area contributed by atoms with E-state index in [1.807, 2.05) is 47.9 Å². The third-order valence-electron chi connectivity index (χ3n) is 5.17. The number of carbonyl (C=O) groups is 2. The van der Waals surface area contributed by atoms with Gasteiger partial charge in [-0.15, -0.1) is 10.2 Å². The molecule has 0 unspecified atom stereocenters. The Morgan fingerprint density at radius 3 is 2.39 bits per heavy atom. The van der Waals surface area contributed by atoms with Crippen molar-refractivity contribution in [3.8, 4) is 28.6 Å². The van der Waals surface area contributed by atoms with Crippen molar-refractivity contribution in [3.05, 3.63) is 78.6 Å². The molecule has 0 bridgehead atoms. The zero-order valence-electron chi connectivity index (χ0n) is 21.1. The minimum absolute atomic E-state index is 0.0738. The fraction of sp³-hybridized carbons (Fsp3) is 0.185. The summed E-state index contributed by atoms with van der Waals surface area (Å²) in [7, 11) is 0. The van der Waals surface area contributed by atoms with Crippen molar-refractivity contribution in [1.82, 2.24) is 25.2 Å². The maximum absolute atomic E-state index is 12.6. The predicted molar refractivity (Wildman–Crippen MR) is 145 cm³/mol. The number of hydrazone groups is 1. The second-order valence-corrected chi connectivity index (χ2v) is 8.89. The van der Waals surface area contributed by atoms with Gasteiger partial charge in [0.25, 0.3) is 5.91 Å². The van der Waals surface area contributed by atoms with E-state index in [0.29, 0.717) is 29.0 Å². The molecule has 0 atom stereocenters. The number of nitrogens with one attached hydrogen (secondary N) is 1. The summed E-state index contributed by atoms with van der Waals surface area (Å²) in [6.45, 7) is 5.62. The molecule has 2 aromatic carbocycles. The first-order valence-corrected chi connectivity index (χ1v) is 12.8. The van der Waals surface area contributed by atoms with Gasteiger partial charge in [0.1, 0.15) is 11.5 Å². The van der Waals surface area contributed by atoms with E-state index in [-0.39, 0.29) is 17.6 Å². The van der Waals surface area contributed by atoms with Gasteiger partial charge in [-0.25, -0.2) is 5.43 Å². The van der Waals surface area contributed by atoms with Gasteiger partial charge in [-0.1, -0.05) is 11.8 Å². The summed E-state index contributed by atoms with van der Waals surface area (Å²) in [5, 5.41) is 13.4. The molecule has 10 nitrogen and oxygen atoms in total. The van der Waals surface area contributed by atoms with Gasteiger partial charge in [-0.05, 0) is 80.1 Å². The summed E-state index contributed by atoms with van der Waals surface area (Å²) in [6.07, 6.45) is 3.41. The molecule has 0 fully saturated rings. The molecule has 0 radical (unpaired) electrons. The number of esters is 1. The first-order chi connectivity index (χ1) is 18.4. The van der Waals surface area contributed by atoms with Crippen LogP contribution in [0.2, 0.25) is 0 Å². The van der Waals surface area contributed by atoms with Crippen LogP contribution in [0, 0.1) is 0 Å². The van der Waals surface area contributed by atoms with Gasteiger partial charge in [-0.3, -0.25) is 19.1 Å². The maximum atomic E-state index is 12.6. The van der Waals surface area contributed by atoms with E-state index in [1.54, 1.807) is 43.6 Å². The lowest BCUT2D eigenvalue weighted by atomic mass is 10.1. The van der Waals surface area contributed by atoms with Crippen LogP contribution in [0.25, 0.3) is 17.1 Å². The first kappa shape index (κ1) is 26.6. The minimum atomic E-state index is -0.390. The quantitative estimate of drug-likeness (QED) is 0.106. The molecule has 194 valence electrons. The second-order valence-electron chi connectivity index (χ2n) is 7.95. The van der Waals surface area contributed by atoms with Gasteiger partial charge in [0, 0.05) is 30.6 Å². The molecule has 1 N–H and O–H groups in total. The Balaban J connectivity index is 1.47. The Kier molecular flexibility index (Phi) is 8.83. The number of amides is 1. The number of benzene rings is 2. The molecule has 4 rings (SSSR count). The van der Waals surface area contributed by atoms with Gasteiger partial charge in [0.15, 0.2) is 11.0 Å². The third-order valence-corrected chi connectivity index (χ3v) is 6.10. The van der Waals surface area contributed by atoms with Crippen molar-refractivity contribution in [2.75, 3.05) is 12.4 Å². The first-order valence-electron chi connectivity index (χ1n) is 11.8. The van der Waals surface area contributed by atoms with E-state index in [0.717, 1.165) is 22.6 Å². The SMILES string of the molecule is CCOc1ccc(-n2c(SCC(=O)N/N=C(\C)c3ccc(OC(C)=O)cc3)nnc2-c2cccnc2)cc1. The summed E-state index contributed by atoms with van der Waals surface area (Å²) in [4.78, 5) is 27.9. The zero-order valence-corrected chi connectivity index (χ0v) is 21.9. The molecule has 0 aliphatic carbocycles. The molecule has 11 heteroatoms. The summed E-state index contributed by atoms with van der Waals surface area (Å²) < 4.78 is 12.5. The van der Waals surface area contributed by atoms with Crippen molar-refractivity contribution in [2.24, 2.45) is 5.10 Å². The fourth-order valence-corrected chi connectivity index (χ4v) is 4.18. The Labute approximate surface area is 224 Å². The number of rotatable bonds is 10. The summed E-state index contributed by atoms with van der Waals surface area (Å²) >= 11 is 1.24. The topological polar surface area (TPSA) is 121 Å². The van der Waals surface area contributed by atoms with E-state index >= 15 is 0 Å². The van der Waals surface area contributed by atoms with Gasteiger partial charge in [-0.2, -0.15) is 5.10 Å². The molecule has 0 saturated carbocycles. The minimum Gasteiger partial charge on any atom is -0.494 e. The molecule has 4 aromatic rings. The lowest BCUT2D eigenvalue weighted by Gasteiger charge is -2.11. The van der Waals surface area contributed by atoms with Crippen LogP contribution in [-0.4, -0.2) is 49.7 Å². The van der Waals surface area contributed by atoms with Crippen molar-refractivity contribution in [3.63, 3.8) is 0 Å². The Morgan fingerprint density at radius 1 is 1.00 bits per heavy atom. The maximum Gasteiger partial charge on any atom is 0.308 e. The van der Waals surface area contributed by atoms with Crippen LogP contribution < -0.4 is 14.9 Å². The highest BCUT2D eigenvalue weighted by atomic mass is 32.2. The number of ether oxygens (including phenoxy) is 2. The number of carbonyl (C=O) groups excluding carboxylic acids is 2. The molecular weight excluding hydrogens is 504 g/mol. The van der Waals surface area contributed by atoms with Crippen molar-refractivity contribution in [2.45, 2.75) is 25.9 Å². The lowest BCUT2D eigenvalue weighted by molar-refractivity contribution is -0.131.